The lowest BCUT2D eigenvalue weighted by Crippen LogP contribution is -2.56. The zero-order valence-corrected chi connectivity index (χ0v) is 28.2. The van der Waals surface area contributed by atoms with E-state index in [0.29, 0.717) is 0 Å². The van der Waals surface area contributed by atoms with E-state index in [2.05, 4.69) is 181 Å². The Labute approximate surface area is 302 Å². The number of benzene rings is 8. The van der Waals surface area contributed by atoms with Gasteiger partial charge in [-0.15, -0.1) is 0 Å². The number of rotatable bonds is 4. The van der Waals surface area contributed by atoms with Gasteiger partial charge in [0.1, 0.15) is 11.3 Å². The molecule has 4 heteroatoms. The Balaban J connectivity index is 1.24. The summed E-state index contributed by atoms with van der Waals surface area (Å²) in [5.74, 6) is 0.876. The lowest BCUT2D eigenvalue weighted by Gasteiger charge is -2.40. The van der Waals surface area contributed by atoms with Crippen LogP contribution in [0.15, 0.2) is 187 Å². The average Bonchev–Trinajstić information content (AvgIpc) is 3.70. The summed E-state index contributed by atoms with van der Waals surface area (Å²) in [5, 5.41) is 3.46. The molecule has 3 nitrogen and oxygen atoms in total. The topological polar surface area (TPSA) is 25.6 Å². The molecule has 0 unspecified atom stereocenters. The minimum atomic E-state index is -0.317. The van der Waals surface area contributed by atoms with Crippen molar-refractivity contribution < 1.29 is 9.07 Å². The van der Waals surface area contributed by atoms with Crippen LogP contribution in [0.2, 0.25) is 0 Å². The minimum absolute atomic E-state index is 0.317. The number of hydrogen-bond acceptors (Lipinski definition) is 3. The molecule has 2 aliphatic rings. The molecular weight excluding hydrogens is 633 g/mol. The van der Waals surface area contributed by atoms with Crippen LogP contribution in [0.5, 0.6) is 5.75 Å². The Kier molecular flexibility index (Phi) is 6.35. The zero-order valence-electron chi connectivity index (χ0n) is 28.2. The standard InChI is InChI=1S/C48H30BNO2/c1-4-12-31(13-5-1)35-21-23-44-41(29-35)46-40-24-25-51-45(40)30-43-48(46)49(52-44)47-39-19-11-10-18-34(39)20-22-42(47)50(43)38-27-36(32-14-6-2-7-15-32)26-37(28-38)33-16-8-3-9-17-33/h1-30H. The fourth-order valence-corrected chi connectivity index (χ4v) is 8.38. The molecule has 0 spiro atoms. The van der Waals surface area contributed by atoms with Crippen LogP contribution < -0.4 is 20.5 Å². The van der Waals surface area contributed by atoms with Gasteiger partial charge in [0.05, 0.1) is 6.26 Å². The van der Waals surface area contributed by atoms with Crippen LogP contribution in [-0.4, -0.2) is 6.92 Å². The average molecular weight is 664 g/mol. The number of furan rings is 1. The van der Waals surface area contributed by atoms with E-state index in [-0.39, 0.29) is 6.92 Å². The van der Waals surface area contributed by atoms with E-state index in [1.54, 1.807) is 0 Å². The molecule has 0 fully saturated rings. The summed E-state index contributed by atoms with van der Waals surface area (Å²) in [5.41, 5.74) is 15.6. The first-order valence-corrected chi connectivity index (χ1v) is 17.8. The van der Waals surface area contributed by atoms with Crippen LogP contribution in [0, 0.1) is 0 Å². The molecule has 0 N–H and O–H groups in total. The number of hydrogen-bond donors (Lipinski definition) is 0. The quantitative estimate of drug-likeness (QED) is 0.175. The SMILES string of the molecule is c1ccc(-c2cc(-c3ccccc3)cc(N3c4cc5occc5c5c4B(Oc4ccc(-c6ccccc6)cc4-5)c4c3ccc3ccccc43)c2)cc1. The highest BCUT2D eigenvalue weighted by molar-refractivity contribution is 6.87. The Bertz CT molecular complexity index is 2770. The van der Waals surface area contributed by atoms with Crippen LogP contribution in [-0.2, 0) is 0 Å². The largest absolute Gasteiger partial charge is 0.551 e. The third-order valence-electron chi connectivity index (χ3n) is 10.7. The van der Waals surface area contributed by atoms with Gasteiger partial charge in [-0.2, -0.15) is 0 Å². The van der Waals surface area contributed by atoms with Crippen LogP contribution in [0.25, 0.3) is 66.2 Å². The minimum Gasteiger partial charge on any atom is -0.551 e. The maximum absolute atomic E-state index is 7.20. The Morgan fingerprint density at radius 2 is 1.10 bits per heavy atom. The summed E-state index contributed by atoms with van der Waals surface area (Å²) in [6, 6.07) is 63.0. The summed E-state index contributed by atoms with van der Waals surface area (Å²) >= 11 is 0. The van der Waals surface area contributed by atoms with E-state index in [1.807, 2.05) is 6.26 Å². The fourth-order valence-electron chi connectivity index (χ4n) is 8.38. The van der Waals surface area contributed by atoms with E-state index in [4.69, 9.17) is 9.07 Å². The highest BCUT2D eigenvalue weighted by Gasteiger charge is 2.44. The van der Waals surface area contributed by atoms with Gasteiger partial charge >= 0.3 is 6.92 Å². The van der Waals surface area contributed by atoms with Crippen molar-refractivity contribution in [2.45, 2.75) is 0 Å². The zero-order chi connectivity index (χ0) is 34.2. The maximum atomic E-state index is 7.20. The van der Waals surface area contributed by atoms with Gasteiger partial charge in [0, 0.05) is 45.0 Å². The van der Waals surface area contributed by atoms with E-state index in [1.165, 1.54) is 32.9 Å². The van der Waals surface area contributed by atoms with Crippen LogP contribution >= 0.6 is 0 Å². The van der Waals surface area contributed by atoms with E-state index in [0.717, 1.165) is 67.1 Å². The van der Waals surface area contributed by atoms with Crippen molar-refractivity contribution in [3.63, 3.8) is 0 Å². The molecule has 0 atom stereocenters. The van der Waals surface area contributed by atoms with E-state index < -0.39 is 0 Å². The van der Waals surface area contributed by atoms with Crippen molar-refractivity contribution >= 4 is 56.6 Å². The first kappa shape index (κ1) is 29.0. The molecule has 1 aromatic heterocycles. The third kappa shape index (κ3) is 4.41. The molecule has 3 heterocycles. The molecule has 0 bridgehead atoms. The Morgan fingerprint density at radius 1 is 0.442 bits per heavy atom. The highest BCUT2D eigenvalue weighted by atomic mass is 16.4. The first-order valence-electron chi connectivity index (χ1n) is 17.8. The lowest BCUT2D eigenvalue weighted by atomic mass is 9.48. The van der Waals surface area contributed by atoms with Gasteiger partial charge in [-0.1, -0.05) is 127 Å². The normalized spacial score (nSPS) is 12.7. The lowest BCUT2D eigenvalue weighted by molar-refractivity contribution is 0.590. The Morgan fingerprint density at radius 3 is 1.81 bits per heavy atom. The van der Waals surface area contributed by atoms with Gasteiger partial charge in [0.25, 0.3) is 0 Å². The van der Waals surface area contributed by atoms with Crippen molar-refractivity contribution in [3.8, 4) is 50.3 Å². The smallest absolute Gasteiger partial charge is 0.432 e. The molecule has 0 saturated heterocycles. The van der Waals surface area contributed by atoms with Crippen LogP contribution in [0.4, 0.5) is 17.1 Å². The van der Waals surface area contributed by atoms with Crippen LogP contribution in [0.3, 0.4) is 0 Å². The monoisotopic (exact) mass is 663 g/mol. The van der Waals surface area contributed by atoms with Gasteiger partial charge in [0.15, 0.2) is 0 Å². The molecule has 52 heavy (non-hydrogen) atoms. The van der Waals surface area contributed by atoms with Gasteiger partial charge in [-0.25, -0.2) is 0 Å². The summed E-state index contributed by atoms with van der Waals surface area (Å²) in [7, 11) is 0. The predicted molar refractivity (Wildman–Crippen MR) is 216 cm³/mol. The Hall–Kier alpha value is -6.78. The molecule has 0 saturated carbocycles. The van der Waals surface area contributed by atoms with Gasteiger partial charge in [-0.05, 0) is 92.2 Å². The van der Waals surface area contributed by atoms with Crippen molar-refractivity contribution in [2.24, 2.45) is 0 Å². The second-order valence-corrected chi connectivity index (χ2v) is 13.6. The van der Waals surface area contributed by atoms with E-state index in [9.17, 15) is 0 Å². The van der Waals surface area contributed by atoms with Crippen molar-refractivity contribution in [2.75, 3.05) is 4.90 Å². The fraction of sp³-hybridized carbons (Fsp3) is 0. The number of anilines is 3. The van der Waals surface area contributed by atoms with Crippen molar-refractivity contribution in [1.82, 2.24) is 0 Å². The third-order valence-corrected chi connectivity index (χ3v) is 10.7. The molecular formula is C48H30BNO2. The second-order valence-electron chi connectivity index (χ2n) is 13.6. The molecule has 2 aliphatic heterocycles. The highest BCUT2D eigenvalue weighted by Crippen LogP contribution is 2.48. The van der Waals surface area contributed by atoms with Gasteiger partial charge < -0.3 is 14.0 Å². The molecule has 11 rings (SSSR count). The number of fused-ring (bicyclic) bond motifs is 8. The molecule has 8 aromatic carbocycles. The van der Waals surface area contributed by atoms with Crippen molar-refractivity contribution in [1.29, 1.82) is 0 Å². The molecule has 0 aliphatic carbocycles. The summed E-state index contributed by atoms with van der Waals surface area (Å²) in [4.78, 5) is 2.44. The molecule has 242 valence electrons. The first-order chi connectivity index (χ1) is 25.8. The van der Waals surface area contributed by atoms with Crippen molar-refractivity contribution in [3.05, 3.63) is 182 Å². The van der Waals surface area contributed by atoms with Gasteiger partial charge in [-0.3, -0.25) is 0 Å². The van der Waals surface area contributed by atoms with E-state index >= 15 is 0 Å². The summed E-state index contributed by atoms with van der Waals surface area (Å²) < 4.78 is 13.5. The second kappa shape index (κ2) is 11.4. The predicted octanol–water partition coefficient (Wildman–Crippen LogP) is 11.5. The molecule has 0 radical (unpaired) electrons. The summed E-state index contributed by atoms with van der Waals surface area (Å²) in [6.07, 6.45) is 1.81. The van der Waals surface area contributed by atoms with Gasteiger partial charge in [0.2, 0.25) is 0 Å². The summed E-state index contributed by atoms with van der Waals surface area (Å²) in [6.45, 7) is -0.317. The number of nitrogens with zero attached hydrogens (tertiary/aromatic N) is 1. The van der Waals surface area contributed by atoms with Crippen LogP contribution in [0.1, 0.15) is 0 Å². The molecule has 9 aromatic rings. The molecule has 0 amide bonds. The maximum Gasteiger partial charge on any atom is 0.432 e.